The normalized spacial score (nSPS) is 20.2. The van der Waals surface area contributed by atoms with Crippen molar-refractivity contribution in [2.75, 3.05) is 18.6 Å². The van der Waals surface area contributed by atoms with Crippen LogP contribution in [-0.4, -0.2) is 39.2 Å². The Morgan fingerprint density at radius 1 is 1.55 bits per heavy atom. The summed E-state index contributed by atoms with van der Waals surface area (Å²) >= 11 is 3.37. The molecule has 0 aliphatic carbocycles. The minimum Gasteiger partial charge on any atom is -0.496 e. The van der Waals surface area contributed by atoms with Gasteiger partial charge < -0.3 is 4.74 Å². The van der Waals surface area contributed by atoms with E-state index in [-0.39, 0.29) is 29.8 Å². The van der Waals surface area contributed by atoms with Crippen molar-refractivity contribution in [3.63, 3.8) is 0 Å². The van der Waals surface area contributed by atoms with Crippen LogP contribution in [0.15, 0.2) is 27.8 Å². The van der Waals surface area contributed by atoms with Gasteiger partial charge in [-0.25, -0.2) is 13.8 Å². The molecule has 0 saturated carbocycles. The Hall–Kier alpha value is -1.41. The number of hydrogen-bond donors (Lipinski definition) is 1. The van der Waals surface area contributed by atoms with Gasteiger partial charge in [-0.1, -0.05) is 0 Å². The van der Waals surface area contributed by atoms with E-state index in [1.807, 2.05) is 12.1 Å². The first kappa shape index (κ1) is 17.0. The summed E-state index contributed by atoms with van der Waals surface area (Å²) in [6.45, 7) is 0. The number of benzene rings is 1. The van der Waals surface area contributed by atoms with Crippen molar-refractivity contribution >= 4 is 37.9 Å². The number of carbonyl (C=O) groups is 1. The maximum absolute atomic E-state index is 11.7. The average Bonchev–Trinajstić information content (AvgIpc) is 2.78. The third kappa shape index (κ3) is 4.81. The fraction of sp³-hybridized carbons (Fsp3) is 0.429. The van der Waals surface area contributed by atoms with Gasteiger partial charge in [0.2, 0.25) is 5.91 Å². The number of amides is 1. The van der Waals surface area contributed by atoms with Gasteiger partial charge in [0.25, 0.3) is 0 Å². The van der Waals surface area contributed by atoms with E-state index in [0.29, 0.717) is 12.2 Å². The summed E-state index contributed by atoms with van der Waals surface area (Å²) in [4.78, 5) is 11.7. The summed E-state index contributed by atoms with van der Waals surface area (Å²) in [7, 11) is -1.37. The van der Waals surface area contributed by atoms with E-state index in [1.54, 1.807) is 13.2 Å². The van der Waals surface area contributed by atoms with Gasteiger partial charge in [-0.05, 0) is 52.0 Å². The van der Waals surface area contributed by atoms with Gasteiger partial charge in [-0.2, -0.15) is 5.10 Å². The Bertz CT molecular complexity index is 688. The van der Waals surface area contributed by atoms with E-state index in [0.717, 1.165) is 10.0 Å². The second kappa shape index (κ2) is 7.23. The number of hydrazone groups is 1. The lowest BCUT2D eigenvalue weighted by Gasteiger charge is -2.05. The highest BCUT2D eigenvalue weighted by atomic mass is 79.9. The Labute approximate surface area is 138 Å². The van der Waals surface area contributed by atoms with Crippen molar-refractivity contribution in [3.8, 4) is 5.75 Å². The number of nitrogens with one attached hydrogen (secondary N) is 1. The largest absolute Gasteiger partial charge is 0.496 e. The Morgan fingerprint density at radius 3 is 2.91 bits per heavy atom. The van der Waals surface area contributed by atoms with Crippen LogP contribution >= 0.6 is 15.9 Å². The van der Waals surface area contributed by atoms with Crippen molar-refractivity contribution in [1.82, 2.24) is 5.43 Å². The lowest BCUT2D eigenvalue weighted by atomic mass is 10.1. The van der Waals surface area contributed by atoms with Crippen LogP contribution in [0.5, 0.6) is 5.75 Å². The van der Waals surface area contributed by atoms with Gasteiger partial charge >= 0.3 is 0 Å². The minimum atomic E-state index is -2.95. The molecular weight excluding hydrogens is 372 g/mol. The zero-order valence-corrected chi connectivity index (χ0v) is 14.5. The van der Waals surface area contributed by atoms with Crippen LogP contribution in [-0.2, 0) is 14.6 Å². The number of halogens is 1. The van der Waals surface area contributed by atoms with Crippen LogP contribution in [0.25, 0.3) is 0 Å². The lowest BCUT2D eigenvalue weighted by molar-refractivity contribution is -0.121. The molecule has 1 aromatic rings. The van der Waals surface area contributed by atoms with Crippen LogP contribution in [0.3, 0.4) is 0 Å². The minimum absolute atomic E-state index is 0.0928. The van der Waals surface area contributed by atoms with E-state index >= 15 is 0 Å². The molecule has 0 unspecified atom stereocenters. The summed E-state index contributed by atoms with van der Waals surface area (Å²) in [6, 6.07) is 5.41. The first-order valence-corrected chi connectivity index (χ1v) is 9.37. The molecule has 6 nitrogen and oxygen atoms in total. The zero-order valence-electron chi connectivity index (χ0n) is 12.1. The number of rotatable bonds is 5. The van der Waals surface area contributed by atoms with E-state index in [1.165, 1.54) is 6.21 Å². The van der Waals surface area contributed by atoms with Crippen LogP contribution in [0.1, 0.15) is 18.4 Å². The summed E-state index contributed by atoms with van der Waals surface area (Å²) in [5.41, 5.74) is 3.22. The molecule has 120 valence electrons. The van der Waals surface area contributed by atoms with Gasteiger partial charge in [0.15, 0.2) is 9.84 Å². The predicted molar refractivity (Wildman–Crippen MR) is 87.8 cm³/mol. The molecule has 2 rings (SSSR count). The summed E-state index contributed by atoms with van der Waals surface area (Å²) in [5, 5.41) is 3.88. The molecular formula is C14H17BrN2O4S. The summed E-state index contributed by atoms with van der Waals surface area (Å²) in [5.74, 6) is 0.605. The molecule has 8 heteroatoms. The molecule has 1 aromatic carbocycles. The number of methoxy groups -OCH3 is 1. The highest BCUT2D eigenvalue weighted by Gasteiger charge is 2.29. The van der Waals surface area contributed by atoms with Gasteiger partial charge in [-0.3, -0.25) is 4.79 Å². The molecule has 0 spiro atoms. The van der Waals surface area contributed by atoms with Crippen molar-refractivity contribution in [1.29, 1.82) is 0 Å². The molecule has 1 fully saturated rings. The second-order valence-electron chi connectivity index (χ2n) is 5.16. The number of nitrogens with zero attached hydrogens (tertiary/aromatic N) is 1. The first-order chi connectivity index (χ1) is 10.4. The predicted octanol–water partition coefficient (Wildman–Crippen LogP) is 1.73. The topological polar surface area (TPSA) is 84.8 Å². The molecule has 1 atom stereocenters. The SMILES string of the molecule is COc1ccc(/C=N\NC(=O)C[C@@H]2CCS(=O)(=O)C2)cc1Br. The molecule has 0 bridgehead atoms. The van der Waals surface area contributed by atoms with Gasteiger partial charge in [0, 0.05) is 6.42 Å². The van der Waals surface area contributed by atoms with Crippen molar-refractivity contribution < 1.29 is 17.9 Å². The van der Waals surface area contributed by atoms with E-state index in [4.69, 9.17) is 4.74 Å². The third-order valence-electron chi connectivity index (χ3n) is 3.38. The van der Waals surface area contributed by atoms with Crippen LogP contribution in [0, 0.1) is 5.92 Å². The molecule has 1 aliphatic rings. The van der Waals surface area contributed by atoms with Gasteiger partial charge in [0.1, 0.15) is 5.75 Å². The highest BCUT2D eigenvalue weighted by Crippen LogP contribution is 2.25. The molecule has 0 aromatic heterocycles. The van der Waals surface area contributed by atoms with Crippen LogP contribution in [0.4, 0.5) is 0 Å². The molecule has 1 saturated heterocycles. The lowest BCUT2D eigenvalue weighted by Crippen LogP contribution is -2.21. The quantitative estimate of drug-likeness (QED) is 0.614. The summed E-state index contributed by atoms with van der Waals surface area (Å²) < 4.78 is 28.6. The first-order valence-electron chi connectivity index (χ1n) is 6.75. The molecule has 1 amide bonds. The van der Waals surface area contributed by atoms with E-state index < -0.39 is 9.84 Å². The fourth-order valence-corrected chi connectivity index (χ4v) is 4.70. The number of carbonyl (C=O) groups excluding carboxylic acids is 1. The number of hydrogen-bond acceptors (Lipinski definition) is 5. The standard InChI is InChI=1S/C14H17BrN2O4S/c1-21-13-3-2-10(6-12(13)15)8-16-17-14(18)7-11-4-5-22(19,20)9-11/h2-3,6,8,11H,4-5,7,9H2,1H3,(H,17,18)/b16-8-/t11-/m0/s1. The third-order valence-corrected chi connectivity index (χ3v) is 5.84. The molecule has 0 radical (unpaired) electrons. The molecule has 1 aliphatic heterocycles. The Balaban J connectivity index is 1.84. The van der Waals surface area contributed by atoms with Gasteiger partial charge in [0.05, 0.1) is 29.3 Å². The maximum Gasteiger partial charge on any atom is 0.240 e. The van der Waals surface area contributed by atoms with Crippen LogP contribution in [0.2, 0.25) is 0 Å². The zero-order chi connectivity index (χ0) is 16.2. The molecule has 1 heterocycles. The monoisotopic (exact) mass is 388 g/mol. The molecule has 22 heavy (non-hydrogen) atoms. The number of sulfone groups is 1. The second-order valence-corrected chi connectivity index (χ2v) is 8.24. The summed E-state index contributed by atoms with van der Waals surface area (Å²) in [6.07, 6.45) is 2.25. The molecule has 1 N–H and O–H groups in total. The fourth-order valence-electron chi connectivity index (χ4n) is 2.28. The van der Waals surface area contributed by atoms with E-state index in [9.17, 15) is 13.2 Å². The average molecular weight is 389 g/mol. The van der Waals surface area contributed by atoms with Crippen molar-refractivity contribution in [3.05, 3.63) is 28.2 Å². The van der Waals surface area contributed by atoms with Crippen molar-refractivity contribution in [2.45, 2.75) is 12.8 Å². The van der Waals surface area contributed by atoms with Gasteiger partial charge in [-0.15, -0.1) is 0 Å². The highest BCUT2D eigenvalue weighted by molar-refractivity contribution is 9.10. The smallest absolute Gasteiger partial charge is 0.240 e. The van der Waals surface area contributed by atoms with E-state index in [2.05, 4.69) is 26.5 Å². The maximum atomic E-state index is 11.7. The Kier molecular flexibility index (Phi) is 5.57. The number of ether oxygens (including phenoxy) is 1. The van der Waals surface area contributed by atoms with Crippen LogP contribution < -0.4 is 10.2 Å². The Morgan fingerprint density at radius 2 is 2.32 bits per heavy atom. The van der Waals surface area contributed by atoms with Crippen molar-refractivity contribution in [2.24, 2.45) is 11.0 Å².